The number of halogens is 1. The van der Waals surface area contributed by atoms with Crippen LogP contribution >= 0.6 is 11.6 Å². The summed E-state index contributed by atoms with van der Waals surface area (Å²) in [6.07, 6.45) is 0.117. The fourth-order valence-electron chi connectivity index (χ4n) is 1.34. The maximum absolute atomic E-state index is 11.5. The highest BCUT2D eigenvalue weighted by Crippen LogP contribution is 2.24. The lowest BCUT2D eigenvalue weighted by atomic mass is 10.1. The molecule has 0 saturated carbocycles. The molecule has 0 aliphatic carbocycles. The number of carboxylic acids is 1. The predicted molar refractivity (Wildman–Crippen MR) is 65.3 cm³/mol. The van der Waals surface area contributed by atoms with Crippen molar-refractivity contribution in [2.75, 3.05) is 5.32 Å². The zero-order chi connectivity index (χ0) is 13.0. The molecular formula is C11H13ClN2O3. The third kappa shape index (κ3) is 3.72. The molecule has 1 unspecified atom stereocenters. The topological polar surface area (TPSA) is 92.4 Å². The summed E-state index contributed by atoms with van der Waals surface area (Å²) in [7, 11) is 0. The molecule has 1 aromatic rings. The van der Waals surface area contributed by atoms with Crippen molar-refractivity contribution in [3.63, 3.8) is 0 Å². The number of benzene rings is 1. The number of amides is 1. The minimum Gasteiger partial charge on any atom is -0.478 e. The van der Waals surface area contributed by atoms with E-state index in [2.05, 4.69) is 5.32 Å². The van der Waals surface area contributed by atoms with Gasteiger partial charge in [-0.25, -0.2) is 4.79 Å². The molecule has 0 aromatic heterocycles. The van der Waals surface area contributed by atoms with Crippen LogP contribution in [0.4, 0.5) is 5.69 Å². The van der Waals surface area contributed by atoms with E-state index in [1.165, 1.54) is 12.1 Å². The SMILES string of the molecule is CC(N)CC(=O)Nc1cccc(Cl)c1C(=O)O. The quantitative estimate of drug-likeness (QED) is 0.765. The van der Waals surface area contributed by atoms with Gasteiger partial charge in [-0.2, -0.15) is 0 Å². The fourth-order valence-corrected chi connectivity index (χ4v) is 1.59. The van der Waals surface area contributed by atoms with Crippen molar-refractivity contribution in [2.45, 2.75) is 19.4 Å². The molecular weight excluding hydrogens is 244 g/mol. The summed E-state index contributed by atoms with van der Waals surface area (Å²) >= 11 is 5.76. The van der Waals surface area contributed by atoms with E-state index in [1.54, 1.807) is 13.0 Å². The van der Waals surface area contributed by atoms with Gasteiger partial charge in [-0.15, -0.1) is 0 Å². The Hall–Kier alpha value is -1.59. The first kappa shape index (κ1) is 13.5. The third-order valence-corrected chi connectivity index (χ3v) is 2.32. The maximum atomic E-state index is 11.5. The van der Waals surface area contributed by atoms with Gasteiger partial charge in [0.1, 0.15) is 5.56 Å². The molecule has 17 heavy (non-hydrogen) atoms. The summed E-state index contributed by atoms with van der Waals surface area (Å²) in [5.74, 6) is -1.53. The normalized spacial score (nSPS) is 11.9. The van der Waals surface area contributed by atoms with Crippen LogP contribution in [0.25, 0.3) is 0 Å². The van der Waals surface area contributed by atoms with Gasteiger partial charge in [0.25, 0.3) is 0 Å². The molecule has 4 N–H and O–H groups in total. The first-order chi connectivity index (χ1) is 7.91. The number of carboxylic acid groups (broad SMARTS) is 1. The number of hydrogen-bond donors (Lipinski definition) is 3. The van der Waals surface area contributed by atoms with E-state index in [0.717, 1.165) is 0 Å². The zero-order valence-electron chi connectivity index (χ0n) is 9.24. The van der Waals surface area contributed by atoms with Gasteiger partial charge in [0.15, 0.2) is 0 Å². The van der Waals surface area contributed by atoms with Crippen LogP contribution in [0.2, 0.25) is 5.02 Å². The number of hydrogen-bond acceptors (Lipinski definition) is 3. The van der Waals surface area contributed by atoms with Gasteiger partial charge in [-0.3, -0.25) is 4.79 Å². The van der Waals surface area contributed by atoms with E-state index in [4.69, 9.17) is 22.4 Å². The molecule has 0 spiro atoms. The maximum Gasteiger partial charge on any atom is 0.339 e. The van der Waals surface area contributed by atoms with Gasteiger partial charge in [0.2, 0.25) is 5.91 Å². The third-order valence-electron chi connectivity index (χ3n) is 2.01. The largest absolute Gasteiger partial charge is 0.478 e. The Balaban J connectivity index is 2.95. The molecule has 1 atom stereocenters. The Labute approximate surface area is 104 Å². The lowest BCUT2D eigenvalue weighted by Crippen LogP contribution is -2.24. The minimum atomic E-state index is -1.19. The number of nitrogens with one attached hydrogen (secondary N) is 1. The number of aromatic carboxylic acids is 1. The van der Waals surface area contributed by atoms with E-state index in [1.807, 2.05) is 0 Å². The lowest BCUT2D eigenvalue weighted by Gasteiger charge is -2.10. The molecule has 0 radical (unpaired) electrons. The molecule has 1 rings (SSSR count). The van der Waals surface area contributed by atoms with Crippen LogP contribution < -0.4 is 11.1 Å². The standard InChI is InChI=1S/C11H13ClN2O3/c1-6(13)5-9(15)14-8-4-2-3-7(12)10(8)11(16)17/h2-4,6H,5,13H2,1H3,(H,14,15)(H,16,17). The Morgan fingerprint density at radius 1 is 1.53 bits per heavy atom. The minimum absolute atomic E-state index is 0.0797. The Kier molecular flexibility index (Phi) is 4.48. The van der Waals surface area contributed by atoms with Gasteiger partial charge < -0.3 is 16.2 Å². The van der Waals surface area contributed by atoms with Crippen LogP contribution in [-0.2, 0) is 4.79 Å². The predicted octanol–water partition coefficient (Wildman–Crippen LogP) is 1.71. The van der Waals surface area contributed by atoms with Crippen molar-refractivity contribution in [2.24, 2.45) is 5.73 Å². The van der Waals surface area contributed by atoms with Crippen molar-refractivity contribution in [1.82, 2.24) is 0 Å². The van der Waals surface area contributed by atoms with E-state index < -0.39 is 5.97 Å². The van der Waals surface area contributed by atoms with Gasteiger partial charge in [-0.05, 0) is 19.1 Å². The van der Waals surface area contributed by atoms with Crippen molar-refractivity contribution in [3.8, 4) is 0 Å². The molecule has 5 nitrogen and oxygen atoms in total. The van der Waals surface area contributed by atoms with E-state index in [-0.39, 0.29) is 34.6 Å². The van der Waals surface area contributed by atoms with Gasteiger partial charge in [0, 0.05) is 12.5 Å². The number of carbonyl (C=O) groups excluding carboxylic acids is 1. The smallest absolute Gasteiger partial charge is 0.339 e. The molecule has 6 heteroatoms. The molecule has 1 amide bonds. The van der Waals surface area contributed by atoms with Crippen LogP contribution in [-0.4, -0.2) is 23.0 Å². The highest BCUT2D eigenvalue weighted by molar-refractivity contribution is 6.34. The first-order valence-corrected chi connectivity index (χ1v) is 5.37. The average Bonchev–Trinajstić information content (AvgIpc) is 2.15. The monoisotopic (exact) mass is 256 g/mol. The zero-order valence-corrected chi connectivity index (χ0v) is 9.99. The number of anilines is 1. The molecule has 0 fully saturated rings. The second kappa shape index (κ2) is 5.65. The average molecular weight is 257 g/mol. The Bertz CT molecular complexity index is 446. The van der Waals surface area contributed by atoms with Crippen LogP contribution in [0.5, 0.6) is 0 Å². The fraction of sp³-hybridized carbons (Fsp3) is 0.273. The Morgan fingerprint density at radius 2 is 2.18 bits per heavy atom. The molecule has 0 heterocycles. The summed E-state index contributed by atoms with van der Waals surface area (Å²) in [6, 6.07) is 4.21. The summed E-state index contributed by atoms with van der Waals surface area (Å²) in [5, 5.41) is 11.5. The van der Waals surface area contributed by atoms with E-state index >= 15 is 0 Å². The van der Waals surface area contributed by atoms with Gasteiger partial charge in [-0.1, -0.05) is 17.7 Å². The second-order valence-corrected chi connectivity index (χ2v) is 4.10. The summed E-state index contributed by atoms with van der Waals surface area (Å²) in [6.45, 7) is 1.69. The summed E-state index contributed by atoms with van der Waals surface area (Å²) < 4.78 is 0. The summed E-state index contributed by atoms with van der Waals surface area (Å²) in [5.41, 5.74) is 5.53. The van der Waals surface area contributed by atoms with Crippen LogP contribution in [0, 0.1) is 0 Å². The molecule has 0 saturated heterocycles. The van der Waals surface area contributed by atoms with Crippen LogP contribution in [0.15, 0.2) is 18.2 Å². The second-order valence-electron chi connectivity index (χ2n) is 3.70. The van der Waals surface area contributed by atoms with Crippen molar-refractivity contribution in [1.29, 1.82) is 0 Å². The highest BCUT2D eigenvalue weighted by atomic mass is 35.5. The number of rotatable bonds is 4. The molecule has 0 bridgehead atoms. The molecule has 0 aliphatic rings. The van der Waals surface area contributed by atoms with Crippen molar-refractivity contribution >= 4 is 29.2 Å². The van der Waals surface area contributed by atoms with E-state index in [9.17, 15) is 9.59 Å². The van der Waals surface area contributed by atoms with Gasteiger partial charge in [0.05, 0.1) is 10.7 Å². The molecule has 0 aliphatic heterocycles. The van der Waals surface area contributed by atoms with Gasteiger partial charge >= 0.3 is 5.97 Å². The molecule has 1 aromatic carbocycles. The van der Waals surface area contributed by atoms with E-state index in [0.29, 0.717) is 0 Å². The highest BCUT2D eigenvalue weighted by Gasteiger charge is 2.16. The molecule has 92 valence electrons. The number of carbonyl (C=O) groups is 2. The number of nitrogens with two attached hydrogens (primary N) is 1. The van der Waals surface area contributed by atoms with Crippen LogP contribution in [0.1, 0.15) is 23.7 Å². The Morgan fingerprint density at radius 3 is 2.71 bits per heavy atom. The van der Waals surface area contributed by atoms with Crippen molar-refractivity contribution < 1.29 is 14.7 Å². The van der Waals surface area contributed by atoms with Crippen LogP contribution in [0.3, 0.4) is 0 Å². The first-order valence-electron chi connectivity index (χ1n) is 4.99. The lowest BCUT2D eigenvalue weighted by molar-refractivity contribution is -0.116. The summed E-state index contributed by atoms with van der Waals surface area (Å²) in [4.78, 5) is 22.5. The van der Waals surface area contributed by atoms with Crippen molar-refractivity contribution in [3.05, 3.63) is 28.8 Å².